The Bertz CT molecular complexity index is 881. The molecule has 1 aliphatic carbocycles. The minimum Gasteiger partial charge on any atom is -0.481 e. The van der Waals surface area contributed by atoms with E-state index in [1.807, 2.05) is 17.5 Å². The van der Waals surface area contributed by atoms with Crippen molar-refractivity contribution in [3.63, 3.8) is 0 Å². The normalized spacial score (nSPS) is 12.6. The zero-order valence-corrected chi connectivity index (χ0v) is 13.4. The number of imidazole rings is 1. The highest BCUT2D eigenvalue weighted by atomic mass is 79.9. The number of rotatable bonds is 3. The Morgan fingerprint density at radius 1 is 1.48 bits per heavy atom. The molecule has 0 amide bonds. The quantitative estimate of drug-likeness (QED) is 0.603. The molecule has 1 aromatic carbocycles. The third kappa shape index (κ3) is 1.93. The largest absolute Gasteiger partial charge is 0.481 e. The summed E-state index contributed by atoms with van der Waals surface area (Å²) in [6.07, 6.45) is 1.52. The van der Waals surface area contributed by atoms with Gasteiger partial charge in [0.2, 0.25) is 0 Å². The number of carbonyl (C=O) groups is 1. The molecule has 0 saturated heterocycles. The van der Waals surface area contributed by atoms with Crippen LogP contribution in [0, 0.1) is 0 Å². The standard InChI is InChI=1S/C15H11BrN2O2S/c16-11-3-1-2-9-10(11)6-12-14(9)17-15-18(12)8(7-21-15)4-5-13(19)20/h1-3,7H,4-6H2,(H,19,20). The molecular weight excluding hydrogens is 352 g/mol. The lowest BCUT2D eigenvalue weighted by Crippen LogP contribution is -2.01. The fraction of sp³-hybridized carbons (Fsp3) is 0.200. The second-order valence-corrected chi connectivity index (χ2v) is 6.78. The van der Waals surface area contributed by atoms with E-state index in [1.165, 1.54) is 16.8 Å². The molecule has 2 aromatic heterocycles. The number of carboxylic acids is 1. The van der Waals surface area contributed by atoms with Gasteiger partial charge in [-0.1, -0.05) is 28.1 Å². The van der Waals surface area contributed by atoms with Crippen LogP contribution in [0.1, 0.15) is 23.4 Å². The number of halogens is 1. The number of aliphatic carboxylic acids is 1. The zero-order valence-electron chi connectivity index (χ0n) is 11.0. The van der Waals surface area contributed by atoms with Gasteiger partial charge in [0.15, 0.2) is 4.96 Å². The predicted molar refractivity (Wildman–Crippen MR) is 85.0 cm³/mol. The second-order valence-electron chi connectivity index (χ2n) is 5.09. The van der Waals surface area contributed by atoms with Crippen molar-refractivity contribution in [3.8, 4) is 11.3 Å². The molecule has 6 heteroatoms. The number of aromatic nitrogens is 2. The highest BCUT2D eigenvalue weighted by Gasteiger charge is 2.27. The maximum atomic E-state index is 10.8. The number of carboxylic acid groups (broad SMARTS) is 1. The van der Waals surface area contributed by atoms with Crippen LogP contribution in [-0.2, 0) is 17.6 Å². The summed E-state index contributed by atoms with van der Waals surface area (Å²) >= 11 is 5.18. The molecule has 2 heterocycles. The molecule has 21 heavy (non-hydrogen) atoms. The van der Waals surface area contributed by atoms with Crippen LogP contribution in [0.4, 0.5) is 0 Å². The van der Waals surface area contributed by atoms with Crippen molar-refractivity contribution in [2.24, 2.45) is 0 Å². The smallest absolute Gasteiger partial charge is 0.303 e. The molecule has 0 spiro atoms. The van der Waals surface area contributed by atoms with Gasteiger partial charge >= 0.3 is 5.97 Å². The summed E-state index contributed by atoms with van der Waals surface area (Å²) in [6.45, 7) is 0. The lowest BCUT2D eigenvalue weighted by molar-refractivity contribution is -0.136. The number of hydrogen-bond donors (Lipinski definition) is 1. The molecule has 1 aliphatic rings. The third-order valence-electron chi connectivity index (χ3n) is 3.84. The van der Waals surface area contributed by atoms with E-state index in [9.17, 15) is 4.79 Å². The van der Waals surface area contributed by atoms with Crippen molar-refractivity contribution in [2.45, 2.75) is 19.3 Å². The van der Waals surface area contributed by atoms with E-state index in [0.717, 1.165) is 27.2 Å². The van der Waals surface area contributed by atoms with Crippen LogP contribution in [0.3, 0.4) is 0 Å². The summed E-state index contributed by atoms with van der Waals surface area (Å²) in [5.41, 5.74) is 5.69. The van der Waals surface area contributed by atoms with Crippen LogP contribution < -0.4 is 0 Å². The first kappa shape index (κ1) is 13.0. The summed E-state index contributed by atoms with van der Waals surface area (Å²) in [5.74, 6) is -0.767. The van der Waals surface area contributed by atoms with Gasteiger partial charge in [0.25, 0.3) is 0 Å². The van der Waals surface area contributed by atoms with Crippen LogP contribution in [0.25, 0.3) is 16.2 Å². The minimum atomic E-state index is -0.767. The first-order valence-electron chi connectivity index (χ1n) is 6.62. The van der Waals surface area contributed by atoms with Crippen molar-refractivity contribution in [1.82, 2.24) is 9.38 Å². The van der Waals surface area contributed by atoms with Gasteiger partial charge in [-0.3, -0.25) is 9.20 Å². The lowest BCUT2D eigenvalue weighted by atomic mass is 10.1. The van der Waals surface area contributed by atoms with Gasteiger partial charge in [-0.05, 0) is 18.1 Å². The maximum Gasteiger partial charge on any atom is 0.303 e. The monoisotopic (exact) mass is 362 g/mol. The number of thiazole rings is 1. The molecule has 4 rings (SSSR count). The fourth-order valence-electron chi connectivity index (χ4n) is 2.89. The molecule has 0 saturated carbocycles. The van der Waals surface area contributed by atoms with Gasteiger partial charge < -0.3 is 5.11 Å². The Morgan fingerprint density at radius 2 is 2.33 bits per heavy atom. The van der Waals surface area contributed by atoms with Crippen molar-refractivity contribution in [1.29, 1.82) is 0 Å². The summed E-state index contributed by atoms with van der Waals surface area (Å²) in [4.78, 5) is 16.5. The Hall–Kier alpha value is -1.66. The van der Waals surface area contributed by atoms with Crippen LogP contribution >= 0.6 is 27.3 Å². The van der Waals surface area contributed by atoms with Gasteiger partial charge in [-0.25, -0.2) is 4.98 Å². The summed E-state index contributed by atoms with van der Waals surface area (Å²) in [7, 11) is 0. The molecule has 0 unspecified atom stereocenters. The van der Waals surface area contributed by atoms with E-state index >= 15 is 0 Å². The molecule has 0 bridgehead atoms. The Kier molecular flexibility index (Phi) is 2.90. The summed E-state index contributed by atoms with van der Waals surface area (Å²) < 4.78 is 3.24. The topological polar surface area (TPSA) is 54.6 Å². The maximum absolute atomic E-state index is 10.8. The van der Waals surface area contributed by atoms with Gasteiger partial charge in [0, 0.05) is 27.5 Å². The fourth-order valence-corrected chi connectivity index (χ4v) is 4.34. The number of benzene rings is 1. The van der Waals surface area contributed by atoms with E-state index in [0.29, 0.717) is 6.42 Å². The lowest BCUT2D eigenvalue weighted by Gasteiger charge is -2.02. The van der Waals surface area contributed by atoms with E-state index in [-0.39, 0.29) is 6.42 Å². The van der Waals surface area contributed by atoms with E-state index < -0.39 is 5.97 Å². The molecule has 0 fully saturated rings. The van der Waals surface area contributed by atoms with Crippen LogP contribution in [0.5, 0.6) is 0 Å². The molecule has 0 radical (unpaired) electrons. The SMILES string of the molecule is O=C(O)CCc1csc2nc3c(n12)Cc1c(Br)cccc1-3. The zero-order chi connectivity index (χ0) is 14.6. The first-order chi connectivity index (χ1) is 10.1. The highest BCUT2D eigenvalue weighted by Crippen LogP contribution is 2.41. The molecule has 3 aromatic rings. The molecular formula is C15H11BrN2O2S. The molecule has 1 N–H and O–H groups in total. The van der Waals surface area contributed by atoms with Gasteiger partial charge in [-0.15, -0.1) is 11.3 Å². The number of hydrogen-bond acceptors (Lipinski definition) is 3. The van der Waals surface area contributed by atoms with Gasteiger partial charge in [-0.2, -0.15) is 0 Å². The Balaban J connectivity index is 1.85. The number of nitrogens with zero attached hydrogens (tertiary/aromatic N) is 2. The number of fused-ring (bicyclic) bond motifs is 5. The predicted octanol–water partition coefficient (Wildman–Crippen LogP) is 3.75. The second kappa shape index (κ2) is 4.68. The van der Waals surface area contributed by atoms with E-state index in [1.54, 1.807) is 11.3 Å². The average Bonchev–Trinajstić information content (AvgIpc) is 3.07. The van der Waals surface area contributed by atoms with Crippen molar-refractivity contribution in [3.05, 3.63) is 45.0 Å². The molecule has 4 nitrogen and oxygen atoms in total. The molecule has 106 valence electrons. The van der Waals surface area contributed by atoms with E-state index in [2.05, 4.69) is 26.4 Å². The van der Waals surface area contributed by atoms with Gasteiger partial charge in [0.05, 0.1) is 17.8 Å². The number of aryl methyl sites for hydroxylation is 1. The molecule has 0 atom stereocenters. The Labute approximate surface area is 133 Å². The average molecular weight is 363 g/mol. The highest BCUT2D eigenvalue weighted by molar-refractivity contribution is 9.10. The van der Waals surface area contributed by atoms with Crippen molar-refractivity contribution >= 4 is 38.2 Å². The van der Waals surface area contributed by atoms with E-state index in [4.69, 9.17) is 10.1 Å². The first-order valence-corrected chi connectivity index (χ1v) is 8.29. The van der Waals surface area contributed by atoms with Crippen molar-refractivity contribution < 1.29 is 9.90 Å². The summed E-state index contributed by atoms with van der Waals surface area (Å²) in [6, 6.07) is 6.17. The minimum absolute atomic E-state index is 0.148. The van der Waals surface area contributed by atoms with Crippen LogP contribution in [0.2, 0.25) is 0 Å². The van der Waals surface area contributed by atoms with Crippen LogP contribution in [-0.4, -0.2) is 20.5 Å². The van der Waals surface area contributed by atoms with Gasteiger partial charge in [0.1, 0.15) is 0 Å². The summed E-state index contributed by atoms with van der Waals surface area (Å²) in [5, 5.41) is 10.9. The molecule has 0 aliphatic heterocycles. The Morgan fingerprint density at radius 3 is 3.14 bits per heavy atom. The van der Waals surface area contributed by atoms with Crippen molar-refractivity contribution in [2.75, 3.05) is 0 Å². The van der Waals surface area contributed by atoms with Crippen LogP contribution in [0.15, 0.2) is 28.1 Å². The third-order valence-corrected chi connectivity index (χ3v) is 5.46.